The van der Waals surface area contributed by atoms with Crippen LogP contribution in [-0.2, 0) is 9.53 Å². The Morgan fingerprint density at radius 3 is 2.84 bits per heavy atom. The van der Waals surface area contributed by atoms with Crippen LogP contribution in [0.5, 0.6) is 0 Å². The highest BCUT2D eigenvalue weighted by atomic mass is 16.5. The Morgan fingerprint density at radius 2 is 2.12 bits per heavy atom. The lowest BCUT2D eigenvalue weighted by Gasteiger charge is -2.31. The van der Waals surface area contributed by atoms with Crippen molar-refractivity contribution < 1.29 is 14.1 Å². The van der Waals surface area contributed by atoms with E-state index in [1.165, 1.54) is 0 Å². The number of hydrogen-bond donors (Lipinski definition) is 0. The van der Waals surface area contributed by atoms with E-state index in [-0.39, 0.29) is 17.9 Å². The van der Waals surface area contributed by atoms with Crippen LogP contribution in [0.25, 0.3) is 11.5 Å². The number of nitrogens with zero attached hydrogens (tertiary/aromatic N) is 4. The highest BCUT2D eigenvalue weighted by Crippen LogP contribution is 2.29. The van der Waals surface area contributed by atoms with Crippen molar-refractivity contribution in [3.05, 3.63) is 30.3 Å². The number of carbonyl (C=O) groups excluding carboxylic acids is 1. The summed E-state index contributed by atoms with van der Waals surface area (Å²) >= 11 is 0. The summed E-state index contributed by atoms with van der Waals surface area (Å²) in [6, 6.07) is 5.62. The van der Waals surface area contributed by atoms with Crippen molar-refractivity contribution in [1.82, 2.24) is 20.0 Å². The minimum absolute atomic E-state index is 0.113. The van der Waals surface area contributed by atoms with Crippen molar-refractivity contribution in [2.75, 3.05) is 19.7 Å². The van der Waals surface area contributed by atoms with Gasteiger partial charge in [0.2, 0.25) is 17.6 Å². The van der Waals surface area contributed by atoms with Crippen LogP contribution in [0.1, 0.15) is 43.9 Å². The number of rotatable bonds is 4. The molecule has 2 aliphatic rings. The molecule has 132 valence electrons. The molecule has 0 spiro atoms. The monoisotopic (exact) mass is 342 g/mol. The van der Waals surface area contributed by atoms with E-state index in [1.807, 2.05) is 23.1 Å². The molecular weight excluding hydrogens is 320 g/mol. The number of pyridine rings is 1. The summed E-state index contributed by atoms with van der Waals surface area (Å²) in [5.74, 6) is 1.57. The van der Waals surface area contributed by atoms with Gasteiger partial charge in [-0.3, -0.25) is 9.78 Å². The summed E-state index contributed by atoms with van der Waals surface area (Å²) in [5, 5.41) is 4.04. The molecule has 1 unspecified atom stereocenters. The molecule has 2 saturated heterocycles. The standard InChI is InChI=1S/C18H22N4O3/c23-16(12-14-4-3-11-24-14)22-9-6-13(7-10-22)18-20-17(21-25-18)15-5-1-2-8-19-15/h1-2,5,8,13-14H,3-4,6-7,9-12H2. The molecule has 25 heavy (non-hydrogen) atoms. The maximum absolute atomic E-state index is 12.4. The molecule has 7 nitrogen and oxygen atoms in total. The quantitative estimate of drug-likeness (QED) is 0.849. The van der Waals surface area contributed by atoms with Crippen molar-refractivity contribution in [1.29, 1.82) is 0 Å². The first-order chi connectivity index (χ1) is 12.3. The Bertz CT molecular complexity index is 704. The molecule has 4 rings (SSSR count). The van der Waals surface area contributed by atoms with Gasteiger partial charge in [-0.1, -0.05) is 11.2 Å². The number of carbonyl (C=O) groups is 1. The summed E-state index contributed by atoms with van der Waals surface area (Å²) < 4.78 is 11.0. The molecule has 0 aliphatic carbocycles. The Labute approximate surface area is 146 Å². The topological polar surface area (TPSA) is 81.4 Å². The van der Waals surface area contributed by atoms with Gasteiger partial charge in [0.15, 0.2) is 0 Å². The van der Waals surface area contributed by atoms with E-state index in [9.17, 15) is 4.79 Å². The van der Waals surface area contributed by atoms with Gasteiger partial charge in [0, 0.05) is 31.8 Å². The first-order valence-electron chi connectivity index (χ1n) is 8.94. The molecule has 0 N–H and O–H groups in total. The molecule has 2 aromatic rings. The maximum Gasteiger partial charge on any atom is 0.230 e. The van der Waals surface area contributed by atoms with Gasteiger partial charge in [-0.25, -0.2) is 0 Å². The second-order valence-electron chi connectivity index (χ2n) is 6.67. The van der Waals surface area contributed by atoms with Crippen LogP contribution in [0.4, 0.5) is 0 Å². The number of likely N-dealkylation sites (tertiary alicyclic amines) is 1. The second-order valence-corrected chi connectivity index (χ2v) is 6.67. The van der Waals surface area contributed by atoms with Gasteiger partial charge in [-0.2, -0.15) is 4.98 Å². The van der Waals surface area contributed by atoms with E-state index in [0.29, 0.717) is 23.8 Å². The summed E-state index contributed by atoms with van der Waals surface area (Å²) in [6.45, 7) is 2.25. The second kappa shape index (κ2) is 7.31. The first kappa shape index (κ1) is 16.2. The molecular formula is C18H22N4O3. The molecule has 4 heterocycles. The lowest BCUT2D eigenvalue weighted by atomic mass is 9.96. The highest BCUT2D eigenvalue weighted by Gasteiger charge is 2.29. The molecule has 7 heteroatoms. The molecule has 0 saturated carbocycles. The van der Waals surface area contributed by atoms with Crippen LogP contribution >= 0.6 is 0 Å². The summed E-state index contributed by atoms with van der Waals surface area (Å²) in [4.78, 5) is 23.0. The van der Waals surface area contributed by atoms with E-state index >= 15 is 0 Å². The predicted molar refractivity (Wildman–Crippen MR) is 89.7 cm³/mol. The molecule has 0 aromatic carbocycles. The zero-order valence-corrected chi connectivity index (χ0v) is 14.1. The van der Waals surface area contributed by atoms with Crippen molar-refractivity contribution >= 4 is 5.91 Å². The van der Waals surface area contributed by atoms with E-state index in [2.05, 4.69) is 15.1 Å². The van der Waals surface area contributed by atoms with E-state index in [1.54, 1.807) is 6.20 Å². The Hall–Kier alpha value is -2.28. The van der Waals surface area contributed by atoms with Gasteiger partial charge in [-0.15, -0.1) is 0 Å². The van der Waals surface area contributed by atoms with Crippen LogP contribution in [0.15, 0.2) is 28.9 Å². The van der Waals surface area contributed by atoms with E-state index in [0.717, 1.165) is 45.4 Å². The Balaban J connectivity index is 1.33. The normalized spacial score (nSPS) is 21.6. The highest BCUT2D eigenvalue weighted by molar-refractivity contribution is 5.76. The van der Waals surface area contributed by atoms with Crippen LogP contribution in [0.3, 0.4) is 0 Å². The van der Waals surface area contributed by atoms with Crippen molar-refractivity contribution in [2.24, 2.45) is 0 Å². The fourth-order valence-corrected chi connectivity index (χ4v) is 3.51. The SMILES string of the molecule is O=C(CC1CCCO1)N1CCC(c2nc(-c3ccccn3)no2)CC1. The van der Waals surface area contributed by atoms with Crippen LogP contribution < -0.4 is 0 Å². The van der Waals surface area contributed by atoms with Crippen LogP contribution in [-0.4, -0.2) is 51.7 Å². The molecule has 0 radical (unpaired) electrons. The maximum atomic E-state index is 12.4. The van der Waals surface area contributed by atoms with Crippen molar-refractivity contribution in [2.45, 2.75) is 44.1 Å². The number of aromatic nitrogens is 3. The minimum atomic E-state index is 0.113. The van der Waals surface area contributed by atoms with Crippen molar-refractivity contribution in [3.8, 4) is 11.5 Å². The number of amides is 1. The number of piperidine rings is 1. The molecule has 1 atom stereocenters. The van der Waals surface area contributed by atoms with Gasteiger partial charge in [0.25, 0.3) is 0 Å². The minimum Gasteiger partial charge on any atom is -0.378 e. The predicted octanol–water partition coefficient (Wildman–Crippen LogP) is 2.41. The fraction of sp³-hybridized carbons (Fsp3) is 0.556. The van der Waals surface area contributed by atoms with Gasteiger partial charge < -0.3 is 14.2 Å². The van der Waals surface area contributed by atoms with Gasteiger partial charge in [0.05, 0.1) is 12.5 Å². The first-order valence-corrected chi connectivity index (χ1v) is 8.94. The number of ether oxygens (including phenoxy) is 1. The lowest BCUT2D eigenvalue weighted by Crippen LogP contribution is -2.39. The largest absolute Gasteiger partial charge is 0.378 e. The smallest absolute Gasteiger partial charge is 0.230 e. The summed E-state index contributed by atoms with van der Waals surface area (Å²) in [7, 11) is 0. The van der Waals surface area contributed by atoms with E-state index in [4.69, 9.17) is 9.26 Å². The molecule has 2 aliphatic heterocycles. The number of hydrogen-bond acceptors (Lipinski definition) is 6. The summed E-state index contributed by atoms with van der Waals surface area (Å²) in [6.07, 6.45) is 6.10. The van der Waals surface area contributed by atoms with Gasteiger partial charge in [-0.05, 0) is 37.8 Å². The third-order valence-corrected chi connectivity index (χ3v) is 4.96. The average Bonchev–Trinajstić information content (AvgIpc) is 3.34. The average molecular weight is 342 g/mol. The van der Waals surface area contributed by atoms with Gasteiger partial charge >= 0.3 is 0 Å². The zero-order chi connectivity index (χ0) is 17.1. The van der Waals surface area contributed by atoms with E-state index < -0.39 is 0 Å². The van der Waals surface area contributed by atoms with Gasteiger partial charge in [0.1, 0.15) is 5.69 Å². The van der Waals surface area contributed by atoms with Crippen LogP contribution in [0, 0.1) is 0 Å². The third-order valence-electron chi connectivity index (χ3n) is 4.96. The van der Waals surface area contributed by atoms with Crippen LogP contribution in [0.2, 0.25) is 0 Å². The molecule has 1 amide bonds. The molecule has 2 fully saturated rings. The molecule has 2 aromatic heterocycles. The fourth-order valence-electron chi connectivity index (χ4n) is 3.51. The third kappa shape index (κ3) is 3.71. The van der Waals surface area contributed by atoms with Crippen molar-refractivity contribution in [3.63, 3.8) is 0 Å². The Morgan fingerprint density at radius 1 is 1.24 bits per heavy atom. The summed E-state index contributed by atoms with van der Waals surface area (Å²) in [5.41, 5.74) is 0.710. The zero-order valence-electron chi connectivity index (χ0n) is 14.1. The Kier molecular flexibility index (Phi) is 4.74. The lowest BCUT2D eigenvalue weighted by molar-refractivity contribution is -0.134. The molecule has 0 bridgehead atoms.